The first kappa shape index (κ1) is 9.66. The summed E-state index contributed by atoms with van der Waals surface area (Å²) in [5.74, 6) is 0. The van der Waals surface area contributed by atoms with Gasteiger partial charge in [-0.05, 0) is 26.7 Å². The van der Waals surface area contributed by atoms with Crippen LogP contribution in [0, 0.1) is 0 Å². The minimum atomic E-state index is 0.179. The molecule has 0 fully saturated rings. The van der Waals surface area contributed by atoms with Crippen molar-refractivity contribution in [1.29, 1.82) is 0 Å². The van der Waals surface area contributed by atoms with Crippen molar-refractivity contribution in [2.75, 3.05) is 6.61 Å². The monoisotopic (exact) mass is 144 g/mol. The van der Waals surface area contributed by atoms with Gasteiger partial charge in [0.1, 0.15) is 0 Å². The molecule has 0 saturated heterocycles. The van der Waals surface area contributed by atoms with Crippen LogP contribution in [0.1, 0.15) is 26.7 Å². The SMILES string of the molecule is C=CCCC(C)OOCC. The summed E-state index contributed by atoms with van der Waals surface area (Å²) in [5.41, 5.74) is 0. The van der Waals surface area contributed by atoms with E-state index in [1.165, 1.54) is 0 Å². The van der Waals surface area contributed by atoms with E-state index in [9.17, 15) is 0 Å². The summed E-state index contributed by atoms with van der Waals surface area (Å²) >= 11 is 0. The van der Waals surface area contributed by atoms with Crippen molar-refractivity contribution in [1.82, 2.24) is 0 Å². The van der Waals surface area contributed by atoms with Gasteiger partial charge < -0.3 is 0 Å². The van der Waals surface area contributed by atoms with Crippen LogP contribution in [0.5, 0.6) is 0 Å². The van der Waals surface area contributed by atoms with Crippen LogP contribution in [0.15, 0.2) is 12.7 Å². The van der Waals surface area contributed by atoms with E-state index < -0.39 is 0 Å². The standard InChI is InChI=1S/C8H16O2/c1-4-6-7-8(3)10-9-5-2/h4,8H,1,5-7H2,2-3H3. The van der Waals surface area contributed by atoms with Crippen molar-refractivity contribution in [2.24, 2.45) is 0 Å². The first-order chi connectivity index (χ1) is 4.81. The highest BCUT2D eigenvalue weighted by Gasteiger charge is 1.99. The summed E-state index contributed by atoms with van der Waals surface area (Å²) in [4.78, 5) is 9.70. The molecule has 0 saturated carbocycles. The van der Waals surface area contributed by atoms with Crippen LogP contribution in [0.25, 0.3) is 0 Å². The normalized spacial score (nSPS) is 13.0. The van der Waals surface area contributed by atoms with Gasteiger partial charge in [-0.15, -0.1) is 6.58 Å². The number of rotatable bonds is 6. The topological polar surface area (TPSA) is 18.5 Å². The Kier molecular flexibility index (Phi) is 6.55. The number of hydrogen-bond acceptors (Lipinski definition) is 2. The molecule has 60 valence electrons. The highest BCUT2D eigenvalue weighted by atomic mass is 17.2. The van der Waals surface area contributed by atoms with Crippen LogP contribution >= 0.6 is 0 Å². The van der Waals surface area contributed by atoms with Gasteiger partial charge in [-0.1, -0.05) is 6.08 Å². The molecule has 0 rings (SSSR count). The van der Waals surface area contributed by atoms with Crippen molar-refractivity contribution >= 4 is 0 Å². The van der Waals surface area contributed by atoms with Gasteiger partial charge in [0, 0.05) is 0 Å². The Hall–Kier alpha value is -0.340. The fraction of sp³-hybridized carbons (Fsp3) is 0.750. The van der Waals surface area contributed by atoms with Crippen molar-refractivity contribution < 1.29 is 9.78 Å². The van der Waals surface area contributed by atoms with Crippen molar-refractivity contribution in [3.8, 4) is 0 Å². The molecule has 0 heterocycles. The predicted molar refractivity (Wildman–Crippen MR) is 41.6 cm³/mol. The lowest BCUT2D eigenvalue weighted by Crippen LogP contribution is -2.07. The van der Waals surface area contributed by atoms with Gasteiger partial charge in [0.05, 0.1) is 12.7 Å². The molecule has 0 radical (unpaired) electrons. The largest absolute Gasteiger partial charge is 0.237 e. The maximum atomic E-state index is 4.95. The summed E-state index contributed by atoms with van der Waals surface area (Å²) in [5, 5.41) is 0. The van der Waals surface area contributed by atoms with Crippen LogP contribution in [0.2, 0.25) is 0 Å². The van der Waals surface area contributed by atoms with E-state index in [0.29, 0.717) is 6.61 Å². The maximum absolute atomic E-state index is 4.95. The van der Waals surface area contributed by atoms with E-state index in [1.807, 2.05) is 19.9 Å². The molecule has 2 heteroatoms. The Morgan fingerprint density at radius 3 is 2.80 bits per heavy atom. The molecule has 10 heavy (non-hydrogen) atoms. The lowest BCUT2D eigenvalue weighted by Gasteiger charge is -2.08. The average molecular weight is 144 g/mol. The second-order valence-electron chi connectivity index (χ2n) is 2.18. The van der Waals surface area contributed by atoms with Gasteiger partial charge in [0.2, 0.25) is 0 Å². The summed E-state index contributed by atoms with van der Waals surface area (Å²) in [7, 11) is 0. The van der Waals surface area contributed by atoms with Gasteiger partial charge in [0.15, 0.2) is 0 Å². The highest BCUT2D eigenvalue weighted by molar-refractivity contribution is 4.67. The van der Waals surface area contributed by atoms with Gasteiger partial charge >= 0.3 is 0 Å². The molecular formula is C8H16O2. The molecule has 0 aliphatic rings. The molecular weight excluding hydrogens is 128 g/mol. The van der Waals surface area contributed by atoms with E-state index in [1.54, 1.807) is 0 Å². The van der Waals surface area contributed by atoms with E-state index in [4.69, 9.17) is 9.78 Å². The molecule has 1 unspecified atom stereocenters. The third-order valence-corrected chi connectivity index (χ3v) is 1.13. The lowest BCUT2D eigenvalue weighted by molar-refractivity contribution is -0.318. The smallest absolute Gasteiger partial charge is 0.0904 e. The second kappa shape index (κ2) is 6.78. The van der Waals surface area contributed by atoms with E-state index >= 15 is 0 Å². The van der Waals surface area contributed by atoms with E-state index in [0.717, 1.165) is 12.8 Å². The molecule has 0 amide bonds. The van der Waals surface area contributed by atoms with Crippen LogP contribution in [-0.2, 0) is 9.78 Å². The molecule has 0 aromatic carbocycles. The molecule has 0 aromatic rings. The fourth-order valence-corrected chi connectivity index (χ4v) is 0.585. The molecule has 2 nitrogen and oxygen atoms in total. The van der Waals surface area contributed by atoms with Crippen molar-refractivity contribution in [2.45, 2.75) is 32.8 Å². The highest BCUT2D eigenvalue weighted by Crippen LogP contribution is 2.01. The lowest BCUT2D eigenvalue weighted by atomic mass is 10.2. The van der Waals surface area contributed by atoms with E-state index in [2.05, 4.69) is 6.58 Å². The quantitative estimate of drug-likeness (QED) is 0.323. The zero-order valence-corrected chi connectivity index (χ0v) is 6.80. The zero-order chi connectivity index (χ0) is 7.82. The molecule has 0 bridgehead atoms. The Bertz CT molecular complexity index is 81.3. The second-order valence-corrected chi connectivity index (χ2v) is 2.18. The predicted octanol–water partition coefficient (Wildman–Crippen LogP) is 2.31. The summed E-state index contributed by atoms with van der Waals surface area (Å²) in [6.45, 7) is 8.11. The number of allylic oxidation sites excluding steroid dienone is 1. The van der Waals surface area contributed by atoms with Gasteiger partial charge in [-0.25, -0.2) is 9.78 Å². The molecule has 0 N–H and O–H groups in total. The molecule has 0 spiro atoms. The van der Waals surface area contributed by atoms with Gasteiger partial charge in [-0.3, -0.25) is 0 Å². The number of hydrogen-bond donors (Lipinski definition) is 0. The van der Waals surface area contributed by atoms with E-state index in [-0.39, 0.29) is 6.10 Å². The molecule has 0 aromatic heterocycles. The van der Waals surface area contributed by atoms with Crippen molar-refractivity contribution in [3.05, 3.63) is 12.7 Å². The Labute approximate surface area is 62.8 Å². The van der Waals surface area contributed by atoms with Crippen LogP contribution in [0.4, 0.5) is 0 Å². The summed E-state index contributed by atoms with van der Waals surface area (Å²) in [6.07, 6.45) is 4.02. The minimum absolute atomic E-state index is 0.179. The third-order valence-electron chi connectivity index (χ3n) is 1.13. The van der Waals surface area contributed by atoms with Gasteiger partial charge in [0.25, 0.3) is 0 Å². The average Bonchev–Trinajstić information content (AvgIpc) is 1.97. The van der Waals surface area contributed by atoms with Gasteiger partial charge in [-0.2, -0.15) is 0 Å². The first-order valence-electron chi connectivity index (χ1n) is 3.70. The third kappa shape index (κ3) is 5.79. The molecule has 0 aliphatic carbocycles. The Morgan fingerprint density at radius 2 is 2.30 bits per heavy atom. The summed E-state index contributed by atoms with van der Waals surface area (Å²) < 4.78 is 0. The maximum Gasteiger partial charge on any atom is 0.0904 e. The van der Waals surface area contributed by atoms with Crippen molar-refractivity contribution in [3.63, 3.8) is 0 Å². The molecule has 0 aliphatic heterocycles. The zero-order valence-electron chi connectivity index (χ0n) is 6.80. The fourth-order valence-electron chi connectivity index (χ4n) is 0.585. The van der Waals surface area contributed by atoms with Crippen LogP contribution < -0.4 is 0 Å². The first-order valence-corrected chi connectivity index (χ1v) is 3.70. The molecule has 1 atom stereocenters. The Morgan fingerprint density at radius 1 is 1.60 bits per heavy atom. The minimum Gasteiger partial charge on any atom is -0.237 e. The summed E-state index contributed by atoms with van der Waals surface area (Å²) in [6, 6.07) is 0. The van der Waals surface area contributed by atoms with Crippen LogP contribution in [0.3, 0.4) is 0 Å². The Balaban J connectivity index is 3.07. The van der Waals surface area contributed by atoms with Crippen LogP contribution in [-0.4, -0.2) is 12.7 Å².